The van der Waals surface area contributed by atoms with Gasteiger partial charge >= 0.3 is 5.97 Å². The Morgan fingerprint density at radius 2 is 1.44 bits per heavy atom. The first kappa shape index (κ1) is 20.3. The third-order valence-corrected chi connectivity index (χ3v) is 3.31. The molecule has 0 fully saturated rings. The summed E-state index contributed by atoms with van der Waals surface area (Å²) < 4.78 is 15.9. The zero-order valence-corrected chi connectivity index (χ0v) is 15.9. The van der Waals surface area contributed by atoms with Crippen molar-refractivity contribution in [3.63, 3.8) is 0 Å². The minimum atomic E-state index is -0.608. The number of hydrogen-bond donors (Lipinski definition) is 1. The van der Waals surface area contributed by atoms with Crippen molar-refractivity contribution in [1.29, 1.82) is 0 Å². The molecule has 1 N–H and O–H groups in total. The average Bonchev–Trinajstić information content (AvgIpc) is 2.63. The lowest BCUT2D eigenvalue weighted by Gasteiger charge is -2.20. The third-order valence-electron chi connectivity index (χ3n) is 3.31. The first-order valence-corrected chi connectivity index (χ1v) is 8.68. The summed E-state index contributed by atoms with van der Waals surface area (Å²) in [5.74, 6) is 0.255. The highest BCUT2D eigenvalue weighted by Crippen LogP contribution is 2.18. The minimum absolute atomic E-state index is 0.271. The Morgan fingerprint density at radius 1 is 0.852 bits per heavy atom. The first-order valence-electron chi connectivity index (χ1n) is 8.68. The fourth-order valence-electron chi connectivity index (χ4n) is 2.16. The van der Waals surface area contributed by atoms with Gasteiger partial charge in [-0.1, -0.05) is 30.3 Å². The van der Waals surface area contributed by atoms with Gasteiger partial charge in [-0.05, 0) is 50.6 Å². The van der Waals surface area contributed by atoms with Crippen molar-refractivity contribution < 1.29 is 23.8 Å². The first-order chi connectivity index (χ1) is 12.8. The molecular formula is C21H25NO5. The Labute approximate surface area is 159 Å². The molecule has 0 bridgehead atoms. The van der Waals surface area contributed by atoms with E-state index in [4.69, 9.17) is 14.2 Å². The molecule has 6 heteroatoms. The molecule has 0 aliphatic rings. The van der Waals surface area contributed by atoms with E-state index in [-0.39, 0.29) is 24.7 Å². The minimum Gasteiger partial charge on any atom is -0.489 e. The van der Waals surface area contributed by atoms with Crippen LogP contribution in [0, 0.1) is 0 Å². The number of benzene rings is 2. The zero-order valence-electron chi connectivity index (χ0n) is 15.9. The van der Waals surface area contributed by atoms with Crippen LogP contribution in [0.1, 0.15) is 26.3 Å². The van der Waals surface area contributed by atoms with Gasteiger partial charge in [0, 0.05) is 5.54 Å². The molecule has 27 heavy (non-hydrogen) atoms. The average molecular weight is 371 g/mol. The molecule has 0 saturated carbocycles. The maximum absolute atomic E-state index is 11.7. The molecule has 1 amide bonds. The highest BCUT2D eigenvalue weighted by molar-refractivity contribution is 5.81. The van der Waals surface area contributed by atoms with E-state index in [2.05, 4.69) is 5.32 Å². The quantitative estimate of drug-likeness (QED) is 0.722. The summed E-state index contributed by atoms with van der Waals surface area (Å²) in [7, 11) is 0. The summed E-state index contributed by atoms with van der Waals surface area (Å²) in [4.78, 5) is 23.3. The molecule has 0 unspecified atom stereocenters. The van der Waals surface area contributed by atoms with Crippen LogP contribution in [0.25, 0.3) is 0 Å². The number of rotatable bonds is 8. The molecule has 144 valence electrons. The van der Waals surface area contributed by atoms with Crippen LogP contribution in [0.15, 0.2) is 54.6 Å². The second-order valence-electron chi connectivity index (χ2n) is 6.99. The van der Waals surface area contributed by atoms with Crippen LogP contribution in [-0.4, -0.2) is 30.6 Å². The number of esters is 1. The van der Waals surface area contributed by atoms with Gasteiger partial charge in [-0.15, -0.1) is 0 Å². The molecule has 0 spiro atoms. The van der Waals surface area contributed by atoms with E-state index in [1.807, 2.05) is 51.1 Å². The van der Waals surface area contributed by atoms with Crippen molar-refractivity contribution >= 4 is 11.9 Å². The lowest BCUT2D eigenvalue weighted by atomic mass is 10.1. The van der Waals surface area contributed by atoms with Crippen LogP contribution in [0.5, 0.6) is 11.5 Å². The van der Waals surface area contributed by atoms with Crippen LogP contribution in [0.2, 0.25) is 0 Å². The standard InChI is InChI=1S/C21H25NO5/c1-21(2,3)22-19(23)14-27-20(24)15-26-18-11-9-17(10-12-18)25-13-16-7-5-4-6-8-16/h4-12H,13-15H2,1-3H3,(H,22,23). The summed E-state index contributed by atoms with van der Waals surface area (Å²) in [5.41, 5.74) is 0.709. The number of hydrogen-bond acceptors (Lipinski definition) is 5. The fraction of sp³-hybridized carbons (Fsp3) is 0.333. The Balaban J connectivity index is 1.70. The summed E-state index contributed by atoms with van der Waals surface area (Å²) in [6, 6.07) is 16.8. The lowest BCUT2D eigenvalue weighted by molar-refractivity contribution is -0.150. The van der Waals surface area contributed by atoms with Crippen LogP contribution < -0.4 is 14.8 Å². The molecule has 0 radical (unpaired) electrons. The zero-order chi connectivity index (χ0) is 19.7. The maximum atomic E-state index is 11.7. The maximum Gasteiger partial charge on any atom is 0.344 e. The second kappa shape index (κ2) is 9.62. The normalized spacial score (nSPS) is 10.8. The Morgan fingerprint density at radius 3 is 2.04 bits per heavy atom. The summed E-state index contributed by atoms with van der Waals surface area (Å²) in [6.07, 6.45) is 0. The van der Waals surface area contributed by atoms with E-state index >= 15 is 0 Å². The molecular weight excluding hydrogens is 346 g/mol. The highest BCUT2D eigenvalue weighted by atomic mass is 16.6. The molecule has 2 aromatic carbocycles. The molecule has 2 aromatic rings. The van der Waals surface area contributed by atoms with Gasteiger partial charge in [0.15, 0.2) is 13.2 Å². The second-order valence-corrected chi connectivity index (χ2v) is 6.99. The molecule has 2 rings (SSSR count). The van der Waals surface area contributed by atoms with E-state index < -0.39 is 5.97 Å². The van der Waals surface area contributed by atoms with Crippen molar-refractivity contribution in [2.24, 2.45) is 0 Å². The van der Waals surface area contributed by atoms with E-state index in [0.29, 0.717) is 18.1 Å². The highest BCUT2D eigenvalue weighted by Gasteiger charge is 2.15. The number of nitrogens with one attached hydrogen (secondary N) is 1. The van der Waals surface area contributed by atoms with Gasteiger partial charge in [0.25, 0.3) is 5.91 Å². The van der Waals surface area contributed by atoms with Crippen LogP contribution in [0.3, 0.4) is 0 Å². The van der Waals surface area contributed by atoms with Gasteiger partial charge in [-0.25, -0.2) is 4.79 Å². The number of amides is 1. The molecule has 0 heterocycles. The predicted molar refractivity (Wildman–Crippen MR) is 102 cm³/mol. The predicted octanol–water partition coefficient (Wildman–Crippen LogP) is 3.10. The number of carbonyl (C=O) groups is 2. The van der Waals surface area contributed by atoms with Crippen molar-refractivity contribution in [3.8, 4) is 11.5 Å². The number of carbonyl (C=O) groups excluding carboxylic acids is 2. The van der Waals surface area contributed by atoms with Gasteiger partial charge in [0.1, 0.15) is 18.1 Å². The number of ether oxygens (including phenoxy) is 3. The van der Waals surface area contributed by atoms with Crippen molar-refractivity contribution in [2.75, 3.05) is 13.2 Å². The molecule has 0 atom stereocenters. The van der Waals surface area contributed by atoms with Crippen LogP contribution >= 0.6 is 0 Å². The molecule has 0 saturated heterocycles. The summed E-state index contributed by atoms with van der Waals surface area (Å²) in [5, 5.41) is 2.71. The third kappa shape index (κ3) is 8.27. The largest absolute Gasteiger partial charge is 0.489 e. The van der Waals surface area contributed by atoms with Crippen LogP contribution in [-0.2, 0) is 20.9 Å². The monoisotopic (exact) mass is 371 g/mol. The van der Waals surface area contributed by atoms with E-state index in [1.54, 1.807) is 24.3 Å². The topological polar surface area (TPSA) is 73.9 Å². The van der Waals surface area contributed by atoms with Gasteiger partial charge in [-0.3, -0.25) is 4.79 Å². The van der Waals surface area contributed by atoms with Gasteiger partial charge in [0.2, 0.25) is 0 Å². The smallest absolute Gasteiger partial charge is 0.344 e. The Bertz CT molecular complexity index is 735. The lowest BCUT2D eigenvalue weighted by Crippen LogP contribution is -2.43. The van der Waals surface area contributed by atoms with Gasteiger partial charge in [0.05, 0.1) is 0 Å². The SMILES string of the molecule is CC(C)(C)NC(=O)COC(=O)COc1ccc(OCc2ccccc2)cc1. The van der Waals surface area contributed by atoms with Crippen molar-refractivity contribution in [3.05, 3.63) is 60.2 Å². The van der Waals surface area contributed by atoms with E-state index in [1.165, 1.54) is 0 Å². The fourth-order valence-corrected chi connectivity index (χ4v) is 2.16. The Kier molecular flexibility index (Phi) is 7.23. The van der Waals surface area contributed by atoms with Crippen molar-refractivity contribution in [2.45, 2.75) is 32.9 Å². The molecule has 6 nitrogen and oxygen atoms in total. The van der Waals surface area contributed by atoms with Gasteiger partial charge < -0.3 is 19.5 Å². The van der Waals surface area contributed by atoms with E-state index in [9.17, 15) is 9.59 Å². The Hall–Kier alpha value is -3.02. The van der Waals surface area contributed by atoms with Crippen molar-refractivity contribution in [1.82, 2.24) is 5.32 Å². The summed E-state index contributed by atoms with van der Waals surface area (Å²) >= 11 is 0. The summed E-state index contributed by atoms with van der Waals surface area (Å²) in [6.45, 7) is 5.43. The molecule has 0 aliphatic carbocycles. The van der Waals surface area contributed by atoms with Gasteiger partial charge in [-0.2, -0.15) is 0 Å². The van der Waals surface area contributed by atoms with E-state index in [0.717, 1.165) is 5.56 Å². The molecule has 0 aromatic heterocycles. The molecule has 0 aliphatic heterocycles. The van der Waals surface area contributed by atoms with Crippen LogP contribution in [0.4, 0.5) is 0 Å².